The number of likely N-dealkylation sites (tertiary alicyclic amines) is 1. The van der Waals surface area contributed by atoms with Crippen molar-refractivity contribution >= 4 is 39.2 Å². The minimum absolute atomic E-state index is 0.0921. The summed E-state index contributed by atoms with van der Waals surface area (Å²) in [7, 11) is 0. The summed E-state index contributed by atoms with van der Waals surface area (Å²) in [4.78, 5) is 30.3. The minimum atomic E-state index is -0.149. The van der Waals surface area contributed by atoms with Crippen LogP contribution in [0.1, 0.15) is 24.8 Å². The van der Waals surface area contributed by atoms with E-state index in [1.54, 1.807) is 16.2 Å². The molecule has 0 bridgehead atoms. The van der Waals surface area contributed by atoms with Crippen LogP contribution in [-0.4, -0.2) is 41.6 Å². The van der Waals surface area contributed by atoms with Gasteiger partial charge in [0.05, 0.1) is 27.7 Å². The number of hydrogen-bond acceptors (Lipinski definition) is 5. The first-order valence-corrected chi connectivity index (χ1v) is 8.98. The van der Waals surface area contributed by atoms with Crippen LogP contribution in [0.5, 0.6) is 0 Å². The summed E-state index contributed by atoms with van der Waals surface area (Å²) >= 11 is 1.61. The Morgan fingerprint density at radius 1 is 1.38 bits per heavy atom. The van der Waals surface area contributed by atoms with Crippen molar-refractivity contribution in [3.05, 3.63) is 23.2 Å². The number of piperidine rings is 1. The van der Waals surface area contributed by atoms with Crippen LogP contribution in [0, 0.1) is 12.8 Å². The van der Waals surface area contributed by atoms with E-state index in [2.05, 4.69) is 10.3 Å². The number of benzene rings is 1. The summed E-state index contributed by atoms with van der Waals surface area (Å²) in [5.74, 6) is -0.242. The molecule has 6 nitrogen and oxygen atoms in total. The van der Waals surface area contributed by atoms with Gasteiger partial charge < -0.3 is 15.0 Å². The molecule has 128 valence electrons. The first-order chi connectivity index (χ1) is 11.6. The molecular formula is C17H21N3O3S. The van der Waals surface area contributed by atoms with Gasteiger partial charge in [0.1, 0.15) is 0 Å². The van der Waals surface area contributed by atoms with Crippen molar-refractivity contribution in [1.82, 2.24) is 9.88 Å². The Kier molecular flexibility index (Phi) is 4.99. The third kappa shape index (κ3) is 3.67. The van der Waals surface area contributed by atoms with Crippen molar-refractivity contribution in [2.45, 2.75) is 26.7 Å². The highest BCUT2D eigenvalue weighted by molar-refractivity contribution is 7.18. The molecule has 7 heteroatoms. The second-order valence-electron chi connectivity index (χ2n) is 5.86. The summed E-state index contributed by atoms with van der Waals surface area (Å²) in [5.41, 5.74) is 1.72. The maximum atomic E-state index is 12.4. The van der Waals surface area contributed by atoms with Gasteiger partial charge in [-0.2, -0.15) is 0 Å². The molecule has 0 unspecified atom stereocenters. The zero-order valence-corrected chi connectivity index (χ0v) is 14.7. The quantitative estimate of drug-likeness (QED) is 0.864. The zero-order valence-electron chi connectivity index (χ0n) is 13.9. The molecule has 1 aromatic carbocycles. The van der Waals surface area contributed by atoms with E-state index in [1.807, 2.05) is 32.0 Å². The van der Waals surface area contributed by atoms with Gasteiger partial charge in [0.25, 0.3) is 0 Å². The number of aromatic nitrogens is 1. The van der Waals surface area contributed by atoms with Gasteiger partial charge in [-0.3, -0.25) is 4.79 Å². The zero-order chi connectivity index (χ0) is 17.1. The van der Waals surface area contributed by atoms with E-state index in [0.717, 1.165) is 20.9 Å². The topological polar surface area (TPSA) is 71.5 Å². The molecule has 2 amide bonds. The van der Waals surface area contributed by atoms with Gasteiger partial charge in [-0.05, 0) is 44.9 Å². The van der Waals surface area contributed by atoms with Crippen LogP contribution in [0.2, 0.25) is 0 Å². The van der Waals surface area contributed by atoms with Crippen molar-refractivity contribution in [3.63, 3.8) is 0 Å². The lowest BCUT2D eigenvalue weighted by atomic mass is 9.97. The summed E-state index contributed by atoms with van der Waals surface area (Å²) in [6, 6.07) is 5.60. The molecule has 1 saturated heterocycles. The number of nitrogens with zero attached hydrogens (tertiary/aromatic N) is 2. The average Bonchev–Trinajstić information content (AvgIpc) is 2.94. The molecule has 0 aliphatic carbocycles. The molecular weight excluding hydrogens is 326 g/mol. The molecule has 2 aromatic rings. The Labute approximate surface area is 144 Å². The smallest absolute Gasteiger partial charge is 0.321 e. The first-order valence-electron chi connectivity index (χ1n) is 8.16. The number of carbonyl (C=O) groups is 2. The number of fused-ring (bicyclic) bond motifs is 1. The Bertz CT molecular complexity index is 751. The standard InChI is InChI=1S/C17H21N3O3S/c1-3-23-16(21)12-6-8-20(9-7-12)17(22)19-13-4-5-14-15(10-13)24-11(2)18-14/h4-5,10,12H,3,6-9H2,1-2H3,(H,19,22). The molecule has 1 aliphatic heterocycles. The number of aryl methyl sites for hydroxylation is 1. The fraction of sp³-hybridized carbons (Fsp3) is 0.471. The molecule has 2 heterocycles. The number of thiazole rings is 1. The summed E-state index contributed by atoms with van der Waals surface area (Å²) < 4.78 is 6.11. The third-order valence-electron chi connectivity index (χ3n) is 4.15. The minimum Gasteiger partial charge on any atom is -0.466 e. The highest BCUT2D eigenvalue weighted by atomic mass is 32.1. The highest BCUT2D eigenvalue weighted by Gasteiger charge is 2.28. The van der Waals surface area contributed by atoms with Crippen LogP contribution in [0.15, 0.2) is 18.2 Å². The third-order valence-corrected chi connectivity index (χ3v) is 5.08. The molecule has 0 atom stereocenters. The van der Waals surface area contributed by atoms with Crippen molar-refractivity contribution < 1.29 is 14.3 Å². The number of amides is 2. The van der Waals surface area contributed by atoms with Gasteiger partial charge >= 0.3 is 12.0 Å². The summed E-state index contributed by atoms with van der Waals surface area (Å²) in [5, 5.41) is 3.94. The Morgan fingerprint density at radius 2 is 2.12 bits per heavy atom. The van der Waals surface area contributed by atoms with Gasteiger partial charge in [-0.25, -0.2) is 9.78 Å². The fourth-order valence-electron chi connectivity index (χ4n) is 2.90. The van der Waals surface area contributed by atoms with E-state index < -0.39 is 0 Å². The molecule has 0 spiro atoms. The molecule has 24 heavy (non-hydrogen) atoms. The lowest BCUT2D eigenvalue weighted by molar-refractivity contribution is -0.149. The van der Waals surface area contributed by atoms with E-state index in [0.29, 0.717) is 32.5 Å². The number of carbonyl (C=O) groups excluding carboxylic acids is 2. The van der Waals surface area contributed by atoms with Crippen LogP contribution >= 0.6 is 11.3 Å². The predicted molar refractivity (Wildman–Crippen MR) is 94.3 cm³/mol. The lowest BCUT2D eigenvalue weighted by Gasteiger charge is -2.30. The summed E-state index contributed by atoms with van der Waals surface area (Å²) in [6.45, 7) is 5.31. The number of anilines is 1. The van der Waals surface area contributed by atoms with Gasteiger partial charge in [0.15, 0.2) is 0 Å². The molecule has 3 rings (SSSR count). The number of rotatable bonds is 3. The molecule has 1 N–H and O–H groups in total. The van der Waals surface area contributed by atoms with Crippen LogP contribution in [0.4, 0.5) is 10.5 Å². The van der Waals surface area contributed by atoms with Crippen LogP contribution in [0.3, 0.4) is 0 Å². The Hall–Kier alpha value is -2.15. The van der Waals surface area contributed by atoms with Gasteiger partial charge in [-0.15, -0.1) is 11.3 Å². The second kappa shape index (κ2) is 7.17. The average molecular weight is 347 g/mol. The number of urea groups is 1. The van der Waals surface area contributed by atoms with Crippen LogP contribution in [0.25, 0.3) is 10.2 Å². The second-order valence-corrected chi connectivity index (χ2v) is 7.09. The van der Waals surface area contributed by atoms with Crippen molar-refractivity contribution in [2.75, 3.05) is 25.0 Å². The van der Waals surface area contributed by atoms with E-state index >= 15 is 0 Å². The first kappa shape index (κ1) is 16.7. The predicted octanol–water partition coefficient (Wildman–Crippen LogP) is 3.41. The largest absolute Gasteiger partial charge is 0.466 e. The summed E-state index contributed by atoms with van der Waals surface area (Å²) in [6.07, 6.45) is 1.30. The van der Waals surface area contributed by atoms with Crippen molar-refractivity contribution in [1.29, 1.82) is 0 Å². The van der Waals surface area contributed by atoms with E-state index in [-0.39, 0.29) is 17.9 Å². The van der Waals surface area contributed by atoms with Gasteiger partial charge in [-0.1, -0.05) is 0 Å². The van der Waals surface area contributed by atoms with E-state index in [9.17, 15) is 9.59 Å². The van der Waals surface area contributed by atoms with Gasteiger partial charge in [0, 0.05) is 18.8 Å². The maximum absolute atomic E-state index is 12.4. The van der Waals surface area contributed by atoms with Crippen molar-refractivity contribution in [2.24, 2.45) is 5.92 Å². The number of ether oxygens (including phenoxy) is 1. The molecule has 0 saturated carbocycles. The molecule has 1 aromatic heterocycles. The van der Waals surface area contributed by atoms with E-state index in [4.69, 9.17) is 4.74 Å². The normalized spacial score (nSPS) is 15.5. The SMILES string of the molecule is CCOC(=O)C1CCN(C(=O)Nc2ccc3nc(C)sc3c2)CC1. The van der Waals surface area contributed by atoms with Crippen LogP contribution < -0.4 is 5.32 Å². The lowest BCUT2D eigenvalue weighted by Crippen LogP contribution is -2.42. The Morgan fingerprint density at radius 3 is 2.83 bits per heavy atom. The monoisotopic (exact) mass is 347 g/mol. The molecule has 1 aliphatic rings. The number of hydrogen-bond donors (Lipinski definition) is 1. The fourth-order valence-corrected chi connectivity index (χ4v) is 3.76. The Balaban J connectivity index is 1.58. The van der Waals surface area contributed by atoms with Crippen LogP contribution in [-0.2, 0) is 9.53 Å². The van der Waals surface area contributed by atoms with Crippen molar-refractivity contribution in [3.8, 4) is 0 Å². The molecule has 1 fully saturated rings. The molecule has 0 radical (unpaired) electrons. The van der Waals surface area contributed by atoms with Gasteiger partial charge in [0.2, 0.25) is 0 Å². The highest BCUT2D eigenvalue weighted by Crippen LogP contribution is 2.25. The van der Waals surface area contributed by atoms with E-state index in [1.165, 1.54) is 0 Å². The number of esters is 1. The number of nitrogens with one attached hydrogen (secondary N) is 1. The maximum Gasteiger partial charge on any atom is 0.321 e.